The fraction of sp³-hybridized carbons (Fsp3) is 0.150. The molecule has 0 atom stereocenters. The summed E-state index contributed by atoms with van der Waals surface area (Å²) in [5.41, 5.74) is 2.69. The van der Waals surface area contributed by atoms with Gasteiger partial charge in [-0.05, 0) is 42.3 Å². The van der Waals surface area contributed by atoms with Gasteiger partial charge in [0.05, 0.1) is 19.2 Å². The number of pyridine rings is 1. The quantitative estimate of drug-likeness (QED) is 0.554. The van der Waals surface area contributed by atoms with Gasteiger partial charge < -0.3 is 9.15 Å². The summed E-state index contributed by atoms with van der Waals surface area (Å²) in [5.74, 6) is 0.650. The van der Waals surface area contributed by atoms with Gasteiger partial charge in [0.1, 0.15) is 5.75 Å². The van der Waals surface area contributed by atoms with Gasteiger partial charge in [0.25, 0.3) is 0 Å². The van der Waals surface area contributed by atoms with Crippen LogP contribution in [0.3, 0.4) is 0 Å². The largest absolute Gasteiger partial charge is 0.497 e. The highest BCUT2D eigenvalue weighted by Gasteiger charge is 2.13. The summed E-state index contributed by atoms with van der Waals surface area (Å²) in [7, 11) is 1.63. The molecule has 0 unspecified atom stereocenters. The van der Waals surface area contributed by atoms with Crippen LogP contribution in [0, 0.1) is 0 Å². The number of nitrogens with zero attached hydrogens (tertiary/aromatic N) is 3. The first-order valence-corrected chi connectivity index (χ1v) is 8.29. The molecule has 130 valence electrons. The Morgan fingerprint density at radius 2 is 1.92 bits per heavy atom. The van der Waals surface area contributed by atoms with Crippen LogP contribution in [0.1, 0.15) is 5.56 Å². The van der Waals surface area contributed by atoms with E-state index in [1.165, 1.54) is 4.68 Å². The van der Waals surface area contributed by atoms with E-state index in [2.05, 4.69) is 10.1 Å². The molecule has 4 rings (SSSR count). The Morgan fingerprint density at radius 1 is 1.08 bits per heavy atom. The van der Waals surface area contributed by atoms with E-state index in [0.717, 1.165) is 27.8 Å². The summed E-state index contributed by atoms with van der Waals surface area (Å²) in [6.07, 6.45) is 2.41. The zero-order valence-electron chi connectivity index (χ0n) is 14.3. The molecule has 2 aromatic carbocycles. The molecule has 26 heavy (non-hydrogen) atoms. The van der Waals surface area contributed by atoms with Crippen LogP contribution in [0.5, 0.6) is 5.75 Å². The Bertz CT molecular complexity index is 1090. The number of aryl methyl sites for hydroxylation is 2. The number of benzene rings is 2. The highest BCUT2D eigenvalue weighted by atomic mass is 16.5. The molecule has 0 radical (unpaired) electrons. The number of ether oxygens (including phenoxy) is 1. The van der Waals surface area contributed by atoms with Crippen LogP contribution >= 0.6 is 0 Å². The molecular formula is C20H17N3O3. The number of aromatic nitrogens is 3. The Hall–Kier alpha value is -3.41. The molecule has 2 aromatic heterocycles. The van der Waals surface area contributed by atoms with Crippen LogP contribution in [0.25, 0.3) is 22.4 Å². The molecule has 0 amide bonds. The Balaban J connectivity index is 1.60. The first-order chi connectivity index (χ1) is 12.7. The van der Waals surface area contributed by atoms with Crippen molar-refractivity contribution in [3.8, 4) is 17.2 Å². The normalized spacial score (nSPS) is 11.0. The maximum Gasteiger partial charge on any atom is 0.437 e. The van der Waals surface area contributed by atoms with Crippen molar-refractivity contribution in [2.75, 3.05) is 7.11 Å². The third kappa shape index (κ3) is 3.09. The van der Waals surface area contributed by atoms with Gasteiger partial charge in [0.2, 0.25) is 5.89 Å². The van der Waals surface area contributed by atoms with Gasteiger partial charge in [-0.15, -0.1) is 5.10 Å². The molecule has 6 heteroatoms. The van der Waals surface area contributed by atoms with Crippen molar-refractivity contribution in [1.82, 2.24) is 14.8 Å². The smallest absolute Gasteiger partial charge is 0.437 e. The minimum atomic E-state index is -0.464. The Labute approximate surface area is 149 Å². The first-order valence-electron chi connectivity index (χ1n) is 8.29. The number of rotatable bonds is 5. The van der Waals surface area contributed by atoms with E-state index in [0.29, 0.717) is 18.9 Å². The van der Waals surface area contributed by atoms with Crippen LogP contribution in [-0.2, 0) is 13.0 Å². The molecule has 0 bridgehead atoms. The maximum atomic E-state index is 12.2. The first kappa shape index (κ1) is 16.1. The minimum absolute atomic E-state index is 0.309. The van der Waals surface area contributed by atoms with E-state index in [9.17, 15) is 4.79 Å². The monoisotopic (exact) mass is 347 g/mol. The highest BCUT2D eigenvalue weighted by molar-refractivity contribution is 5.92. The molecule has 0 spiro atoms. The fourth-order valence-corrected chi connectivity index (χ4v) is 2.87. The van der Waals surface area contributed by atoms with Crippen molar-refractivity contribution in [2.24, 2.45) is 0 Å². The lowest BCUT2D eigenvalue weighted by Gasteiger charge is -2.03. The van der Waals surface area contributed by atoms with Gasteiger partial charge in [-0.2, -0.15) is 4.68 Å². The highest BCUT2D eigenvalue weighted by Crippen LogP contribution is 2.25. The minimum Gasteiger partial charge on any atom is -0.497 e. The molecule has 6 nitrogen and oxygen atoms in total. The van der Waals surface area contributed by atoms with Crippen molar-refractivity contribution in [2.45, 2.75) is 13.0 Å². The molecule has 0 N–H and O–H groups in total. The van der Waals surface area contributed by atoms with Crippen LogP contribution in [-0.4, -0.2) is 21.9 Å². The summed E-state index contributed by atoms with van der Waals surface area (Å²) in [6.45, 7) is 0.442. The maximum absolute atomic E-state index is 12.2. The van der Waals surface area contributed by atoms with Crippen molar-refractivity contribution in [3.63, 3.8) is 0 Å². The summed E-state index contributed by atoms with van der Waals surface area (Å²) < 4.78 is 11.9. The molecule has 0 saturated carbocycles. The standard InChI is InChI=1S/C20H17N3O3/c1-25-15-9-7-14(8-10-15)11-13-23-20(24)26-19(22-23)17-4-2-6-18-16(17)5-3-12-21-18/h2-10,12H,11,13H2,1H3. The molecule has 0 aliphatic rings. The molecule has 4 aromatic rings. The number of hydrogen-bond donors (Lipinski definition) is 0. The van der Waals surface area contributed by atoms with Gasteiger partial charge in [-0.25, -0.2) is 4.79 Å². The summed E-state index contributed by atoms with van der Waals surface area (Å²) in [5, 5.41) is 5.27. The SMILES string of the molecule is COc1ccc(CCn2nc(-c3cccc4ncccc34)oc2=O)cc1. The van der Waals surface area contributed by atoms with E-state index in [4.69, 9.17) is 9.15 Å². The molecular weight excluding hydrogens is 330 g/mol. The molecule has 0 saturated heterocycles. The van der Waals surface area contributed by atoms with Crippen molar-refractivity contribution in [3.05, 3.63) is 76.9 Å². The molecule has 2 heterocycles. The van der Waals surface area contributed by atoms with Gasteiger partial charge >= 0.3 is 5.76 Å². The third-order valence-corrected chi connectivity index (χ3v) is 4.25. The summed E-state index contributed by atoms with van der Waals surface area (Å²) in [6, 6.07) is 17.2. The predicted octanol–water partition coefficient (Wildman–Crippen LogP) is 3.30. The Kier molecular flexibility index (Phi) is 4.23. The van der Waals surface area contributed by atoms with Crippen LogP contribution < -0.4 is 10.5 Å². The van der Waals surface area contributed by atoms with E-state index in [1.54, 1.807) is 13.3 Å². The topological polar surface area (TPSA) is 70.2 Å². The van der Waals surface area contributed by atoms with Crippen molar-refractivity contribution in [1.29, 1.82) is 0 Å². The molecule has 0 fully saturated rings. The summed E-state index contributed by atoms with van der Waals surface area (Å²) >= 11 is 0. The van der Waals surface area contributed by atoms with E-state index < -0.39 is 5.76 Å². The summed E-state index contributed by atoms with van der Waals surface area (Å²) in [4.78, 5) is 16.5. The molecule has 0 aliphatic heterocycles. The Morgan fingerprint density at radius 3 is 2.73 bits per heavy atom. The predicted molar refractivity (Wildman–Crippen MR) is 98.2 cm³/mol. The van der Waals surface area contributed by atoms with E-state index >= 15 is 0 Å². The average Bonchev–Trinajstić information content (AvgIpc) is 3.06. The molecule has 0 aliphatic carbocycles. The van der Waals surface area contributed by atoms with Crippen molar-refractivity contribution < 1.29 is 9.15 Å². The van der Waals surface area contributed by atoms with Crippen LogP contribution in [0.4, 0.5) is 0 Å². The lowest BCUT2D eigenvalue weighted by Crippen LogP contribution is -2.17. The van der Waals surface area contributed by atoms with Crippen LogP contribution in [0.2, 0.25) is 0 Å². The van der Waals surface area contributed by atoms with Gasteiger partial charge in [0.15, 0.2) is 0 Å². The zero-order valence-corrected chi connectivity index (χ0v) is 14.3. The fourth-order valence-electron chi connectivity index (χ4n) is 2.87. The lowest BCUT2D eigenvalue weighted by molar-refractivity contribution is 0.414. The second-order valence-corrected chi connectivity index (χ2v) is 5.87. The van der Waals surface area contributed by atoms with Crippen LogP contribution in [0.15, 0.2) is 70.0 Å². The van der Waals surface area contributed by atoms with Gasteiger partial charge in [0, 0.05) is 17.1 Å². The van der Waals surface area contributed by atoms with E-state index in [-0.39, 0.29) is 0 Å². The lowest BCUT2D eigenvalue weighted by atomic mass is 10.1. The second-order valence-electron chi connectivity index (χ2n) is 5.87. The number of fused-ring (bicyclic) bond motifs is 1. The second kappa shape index (κ2) is 6.84. The average molecular weight is 347 g/mol. The zero-order chi connectivity index (χ0) is 17.9. The number of hydrogen-bond acceptors (Lipinski definition) is 5. The van der Waals surface area contributed by atoms with E-state index in [1.807, 2.05) is 54.6 Å². The number of methoxy groups -OCH3 is 1. The third-order valence-electron chi connectivity index (χ3n) is 4.25. The van der Waals surface area contributed by atoms with Gasteiger partial charge in [-0.1, -0.05) is 24.3 Å². The van der Waals surface area contributed by atoms with Crippen molar-refractivity contribution >= 4 is 10.9 Å². The van der Waals surface area contributed by atoms with Gasteiger partial charge in [-0.3, -0.25) is 4.98 Å².